The summed E-state index contributed by atoms with van der Waals surface area (Å²) in [5.74, 6) is 0.0803. The van der Waals surface area contributed by atoms with E-state index >= 15 is 0 Å². The van der Waals surface area contributed by atoms with E-state index in [0.717, 1.165) is 4.68 Å². The molecule has 2 aromatic carbocycles. The molecule has 5 rings (SSSR count). The monoisotopic (exact) mass is 625 g/mol. The largest absolute Gasteiger partial charge is 0.487 e. The minimum atomic E-state index is -4.84. The first-order chi connectivity index (χ1) is 20.7. The molecule has 0 bridgehead atoms. The van der Waals surface area contributed by atoms with Gasteiger partial charge in [0.1, 0.15) is 29.5 Å². The smallest absolute Gasteiger partial charge is 0.436 e. The first-order valence-electron chi connectivity index (χ1n) is 13.4. The number of fused-ring (bicyclic) bond motifs is 1. The van der Waals surface area contributed by atoms with Gasteiger partial charge in [0.15, 0.2) is 17.1 Å². The fraction of sp³-hybridized carbons (Fsp3) is 0.258. The molecule has 0 aliphatic heterocycles. The predicted octanol–water partition coefficient (Wildman–Crippen LogP) is 6.86. The highest BCUT2D eigenvalue weighted by molar-refractivity contribution is 6.32. The van der Waals surface area contributed by atoms with Crippen LogP contribution in [-0.2, 0) is 23.9 Å². The van der Waals surface area contributed by atoms with Gasteiger partial charge in [0.25, 0.3) is 0 Å². The maximum atomic E-state index is 13.8. The summed E-state index contributed by atoms with van der Waals surface area (Å²) >= 11 is 6.19. The van der Waals surface area contributed by atoms with Gasteiger partial charge in [-0.3, -0.25) is 4.79 Å². The number of nitrogens with zero attached hydrogens (tertiary/aromatic N) is 5. The molecule has 3 aromatic heterocycles. The van der Waals surface area contributed by atoms with Gasteiger partial charge in [-0.1, -0.05) is 29.8 Å². The van der Waals surface area contributed by atoms with Crippen LogP contribution in [-0.4, -0.2) is 41.7 Å². The number of rotatable bonds is 8. The summed E-state index contributed by atoms with van der Waals surface area (Å²) in [6.45, 7) is 6.61. The third-order valence-electron chi connectivity index (χ3n) is 6.33. The van der Waals surface area contributed by atoms with Crippen LogP contribution in [0.15, 0.2) is 66.9 Å². The molecular weight excluding hydrogens is 599 g/mol. The van der Waals surface area contributed by atoms with Crippen LogP contribution in [0.2, 0.25) is 5.02 Å². The minimum Gasteiger partial charge on any atom is -0.487 e. The van der Waals surface area contributed by atoms with Crippen LogP contribution >= 0.6 is 11.6 Å². The molecule has 0 fully saturated rings. The number of alkyl halides is 3. The zero-order valence-electron chi connectivity index (χ0n) is 24.1. The van der Waals surface area contributed by atoms with E-state index in [0.29, 0.717) is 17.0 Å². The molecule has 5 aromatic rings. The maximum Gasteiger partial charge on any atom is 0.436 e. The van der Waals surface area contributed by atoms with Gasteiger partial charge < -0.3 is 9.47 Å². The number of carbonyl (C=O) groups is 2. The van der Waals surface area contributed by atoms with Crippen molar-refractivity contribution in [3.8, 4) is 11.4 Å². The van der Waals surface area contributed by atoms with Crippen LogP contribution in [0.1, 0.15) is 64.3 Å². The van der Waals surface area contributed by atoms with E-state index in [2.05, 4.69) is 15.2 Å². The van der Waals surface area contributed by atoms with E-state index in [1.165, 1.54) is 36.4 Å². The number of ketones is 1. The van der Waals surface area contributed by atoms with Gasteiger partial charge in [-0.05, 0) is 75.7 Å². The lowest BCUT2D eigenvalue weighted by Crippen LogP contribution is -2.23. The fourth-order valence-corrected chi connectivity index (χ4v) is 4.65. The Kier molecular flexibility index (Phi) is 8.21. The molecule has 0 aliphatic rings. The molecule has 0 aliphatic carbocycles. The minimum absolute atomic E-state index is 0.0290. The average molecular weight is 626 g/mol. The molecule has 0 atom stereocenters. The second kappa shape index (κ2) is 11.8. The van der Waals surface area contributed by atoms with Crippen molar-refractivity contribution >= 4 is 29.0 Å². The Balaban J connectivity index is 1.39. The average Bonchev–Trinajstić information content (AvgIpc) is 3.49. The number of aryl methyl sites for hydroxylation is 1. The number of halogens is 4. The van der Waals surface area contributed by atoms with Crippen LogP contribution in [0.3, 0.4) is 0 Å². The zero-order chi connectivity index (χ0) is 31.8. The van der Waals surface area contributed by atoms with Gasteiger partial charge >= 0.3 is 12.1 Å². The Morgan fingerprint density at radius 3 is 2.36 bits per heavy atom. The highest BCUT2D eigenvalue weighted by atomic mass is 35.5. The Hall–Kier alpha value is -4.71. The van der Waals surface area contributed by atoms with Crippen LogP contribution in [0.25, 0.3) is 11.3 Å². The SMILES string of the molecule is Cc1nc2ccc(CC(=O)c3cccc(-n4nc(C(F)(F)F)c(Cl)c4COc4ccc(C(=O)OC(C)(C)C)cc4)c3)cn2n1. The number of carbonyl (C=O) groups excluding carboxylic acids is 2. The Bertz CT molecular complexity index is 1860. The highest BCUT2D eigenvalue weighted by Gasteiger charge is 2.39. The number of Topliss-reactive ketones (excluding diaryl/α,β-unsaturated/α-hetero) is 1. The van der Waals surface area contributed by atoms with E-state index in [1.807, 2.05) is 0 Å². The van der Waals surface area contributed by atoms with Crippen molar-refractivity contribution in [1.82, 2.24) is 24.4 Å². The summed E-state index contributed by atoms with van der Waals surface area (Å²) in [7, 11) is 0. The topological polar surface area (TPSA) is 101 Å². The Labute approximate surface area is 255 Å². The van der Waals surface area contributed by atoms with Crippen molar-refractivity contribution < 1.29 is 32.2 Å². The summed E-state index contributed by atoms with van der Waals surface area (Å²) < 4.78 is 55.1. The first kappa shape index (κ1) is 30.7. The molecule has 0 radical (unpaired) electrons. The summed E-state index contributed by atoms with van der Waals surface area (Å²) in [5.41, 5.74) is 0.0315. The highest BCUT2D eigenvalue weighted by Crippen LogP contribution is 2.37. The standard InChI is InChI=1S/C31H27ClF3N5O4/c1-18-36-26-13-8-19(16-39(26)37-18)14-25(41)21-6-5-7-22(15-21)40-24(27(32)28(38-40)31(33,34)35)17-43-23-11-9-20(10-12-23)29(42)44-30(2,3)4/h5-13,15-16H,14,17H2,1-4H3. The van der Waals surface area contributed by atoms with Crippen LogP contribution in [0.5, 0.6) is 5.75 Å². The quantitative estimate of drug-likeness (QED) is 0.137. The number of pyridine rings is 1. The molecule has 0 saturated heterocycles. The molecule has 44 heavy (non-hydrogen) atoms. The van der Waals surface area contributed by atoms with E-state index in [-0.39, 0.29) is 47.1 Å². The molecule has 13 heteroatoms. The molecule has 228 valence electrons. The van der Waals surface area contributed by atoms with Crippen LogP contribution < -0.4 is 4.74 Å². The molecule has 0 spiro atoms. The van der Waals surface area contributed by atoms with Crippen molar-refractivity contribution in [1.29, 1.82) is 0 Å². The first-order valence-corrected chi connectivity index (χ1v) is 13.8. The van der Waals surface area contributed by atoms with Crippen molar-refractivity contribution in [3.63, 3.8) is 0 Å². The van der Waals surface area contributed by atoms with Gasteiger partial charge in [-0.2, -0.15) is 23.4 Å². The predicted molar refractivity (Wildman–Crippen MR) is 155 cm³/mol. The van der Waals surface area contributed by atoms with Crippen molar-refractivity contribution in [2.75, 3.05) is 0 Å². The Morgan fingerprint density at radius 1 is 0.955 bits per heavy atom. The van der Waals surface area contributed by atoms with E-state index in [9.17, 15) is 22.8 Å². The second-order valence-electron chi connectivity index (χ2n) is 11.0. The lowest BCUT2D eigenvalue weighted by Gasteiger charge is -2.19. The summed E-state index contributed by atoms with van der Waals surface area (Å²) in [5, 5.41) is 7.37. The van der Waals surface area contributed by atoms with Gasteiger partial charge in [0.2, 0.25) is 0 Å². The van der Waals surface area contributed by atoms with Gasteiger partial charge in [-0.25, -0.2) is 19.0 Å². The maximum absolute atomic E-state index is 13.8. The lowest BCUT2D eigenvalue weighted by molar-refractivity contribution is -0.141. The van der Waals surface area contributed by atoms with E-state index in [1.54, 1.807) is 62.7 Å². The second-order valence-corrected chi connectivity index (χ2v) is 11.4. The lowest BCUT2D eigenvalue weighted by atomic mass is 10.0. The molecule has 3 heterocycles. The van der Waals surface area contributed by atoms with Crippen molar-refractivity contribution in [2.45, 2.75) is 52.5 Å². The van der Waals surface area contributed by atoms with Crippen molar-refractivity contribution in [3.05, 3.63) is 106 Å². The third-order valence-corrected chi connectivity index (χ3v) is 6.72. The number of ether oxygens (including phenoxy) is 2. The van der Waals surface area contributed by atoms with Gasteiger partial charge in [-0.15, -0.1) is 0 Å². The third kappa shape index (κ3) is 6.91. The number of hydrogen-bond acceptors (Lipinski definition) is 7. The zero-order valence-corrected chi connectivity index (χ0v) is 24.9. The molecular formula is C31H27ClF3N5O4. The number of esters is 1. The summed E-state index contributed by atoms with van der Waals surface area (Å²) in [4.78, 5) is 29.7. The number of aromatic nitrogens is 5. The van der Waals surface area contributed by atoms with E-state index in [4.69, 9.17) is 21.1 Å². The van der Waals surface area contributed by atoms with Gasteiger partial charge in [0, 0.05) is 18.2 Å². The fourth-order valence-electron chi connectivity index (χ4n) is 4.37. The van der Waals surface area contributed by atoms with Crippen LogP contribution in [0, 0.1) is 6.92 Å². The number of hydrogen-bond donors (Lipinski definition) is 0. The molecule has 0 N–H and O–H groups in total. The number of benzene rings is 2. The molecule has 0 amide bonds. The summed E-state index contributed by atoms with van der Waals surface area (Å²) in [6, 6.07) is 15.6. The molecule has 0 saturated carbocycles. The molecule has 0 unspecified atom stereocenters. The van der Waals surface area contributed by atoms with Crippen molar-refractivity contribution in [2.24, 2.45) is 0 Å². The van der Waals surface area contributed by atoms with E-state index < -0.39 is 28.5 Å². The Morgan fingerprint density at radius 2 is 1.68 bits per heavy atom. The normalized spacial score (nSPS) is 12.0. The summed E-state index contributed by atoms with van der Waals surface area (Å²) in [6.07, 6.45) is -3.10. The van der Waals surface area contributed by atoms with Gasteiger partial charge in [0.05, 0.1) is 16.3 Å². The van der Waals surface area contributed by atoms with Crippen LogP contribution in [0.4, 0.5) is 13.2 Å². The molecule has 9 nitrogen and oxygen atoms in total.